The van der Waals surface area contributed by atoms with Crippen molar-refractivity contribution in [2.45, 2.75) is 38.9 Å². The van der Waals surface area contributed by atoms with Crippen LogP contribution in [0, 0.1) is 0 Å². The number of benzene rings is 3. The molecule has 1 heterocycles. The molecule has 1 N–H and O–H groups in total. The van der Waals surface area contributed by atoms with Crippen molar-refractivity contribution in [2.24, 2.45) is 0 Å². The van der Waals surface area contributed by atoms with E-state index in [1.807, 2.05) is 32.0 Å². The molecule has 0 saturated carbocycles. The standard InChI is InChI=1S/C25H27BNO3/c1-24(2,28)25(3,4)30-26-17-10-15-23-21(16-17)20-8-6-7-9-22(20)27(23)18-11-13-19(29-5)14-12-18/h6-16,28H,1-5H3. The third-order valence-corrected chi connectivity index (χ3v) is 5.99. The van der Waals surface area contributed by atoms with E-state index in [4.69, 9.17) is 9.39 Å². The van der Waals surface area contributed by atoms with Crippen LogP contribution in [0.4, 0.5) is 0 Å². The largest absolute Gasteiger partial charge is 0.497 e. The van der Waals surface area contributed by atoms with Crippen LogP contribution in [0.3, 0.4) is 0 Å². The number of nitrogens with zero attached hydrogens (tertiary/aromatic N) is 1. The number of rotatable bonds is 6. The van der Waals surface area contributed by atoms with Crippen LogP contribution in [-0.4, -0.2) is 35.5 Å². The van der Waals surface area contributed by atoms with Gasteiger partial charge in [0.15, 0.2) is 0 Å². The summed E-state index contributed by atoms with van der Waals surface area (Å²) in [6.45, 7) is 7.29. The molecule has 0 spiro atoms. The molecule has 0 atom stereocenters. The number of aromatic nitrogens is 1. The second-order valence-corrected chi connectivity index (χ2v) is 8.63. The highest BCUT2D eigenvalue weighted by molar-refractivity contribution is 6.47. The van der Waals surface area contributed by atoms with Crippen LogP contribution in [0.2, 0.25) is 0 Å². The Morgan fingerprint density at radius 1 is 0.833 bits per heavy atom. The van der Waals surface area contributed by atoms with Crippen molar-refractivity contribution in [1.29, 1.82) is 0 Å². The van der Waals surface area contributed by atoms with Gasteiger partial charge in [-0.25, -0.2) is 0 Å². The first-order chi connectivity index (χ1) is 14.2. The Morgan fingerprint density at radius 3 is 2.17 bits per heavy atom. The van der Waals surface area contributed by atoms with Crippen molar-refractivity contribution < 1.29 is 14.5 Å². The van der Waals surface area contributed by atoms with Gasteiger partial charge in [0, 0.05) is 16.5 Å². The molecular formula is C25H27BNO3. The van der Waals surface area contributed by atoms with E-state index in [9.17, 15) is 5.11 Å². The van der Waals surface area contributed by atoms with Crippen molar-refractivity contribution in [3.8, 4) is 11.4 Å². The van der Waals surface area contributed by atoms with Crippen molar-refractivity contribution in [3.63, 3.8) is 0 Å². The van der Waals surface area contributed by atoms with Crippen molar-refractivity contribution >= 4 is 34.8 Å². The molecule has 0 aliphatic carbocycles. The molecule has 153 valence electrons. The lowest BCUT2D eigenvalue weighted by Crippen LogP contribution is -2.49. The summed E-state index contributed by atoms with van der Waals surface area (Å²) < 4.78 is 13.5. The molecule has 4 rings (SSSR count). The third kappa shape index (κ3) is 3.60. The molecule has 0 amide bonds. The van der Waals surface area contributed by atoms with Crippen LogP contribution in [0.5, 0.6) is 5.75 Å². The lowest BCUT2D eigenvalue weighted by molar-refractivity contribution is -0.0893. The predicted molar refractivity (Wildman–Crippen MR) is 124 cm³/mol. The molecule has 3 aromatic carbocycles. The summed E-state index contributed by atoms with van der Waals surface area (Å²) in [4.78, 5) is 0. The summed E-state index contributed by atoms with van der Waals surface area (Å²) in [5.41, 5.74) is 2.64. The lowest BCUT2D eigenvalue weighted by atomic mass is 9.82. The highest BCUT2D eigenvalue weighted by Crippen LogP contribution is 2.32. The SMILES string of the molecule is COc1ccc(-n2c3ccccc3c3cc([B]OC(C)(C)C(C)(C)O)ccc32)cc1. The maximum Gasteiger partial charge on any atom is 0.330 e. The Bertz CT molecular complexity index is 1190. The first kappa shape index (κ1) is 20.5. The minimum absolute atomic E-state index is 0.709. The van der Waals surface area contributed by atoms with Crippen LogP contribution in [0.1, 0.15) is 27.7 Å². The predicted octanol–water partition coefficient (Wildman–Crippen LogP) is 4.60. The van der Waals surface area contributed by atoms with Gasteiger partial charge in [0.1, 0.15) is 5.75 Å². The molecular weight excluding hydrogens is 373 g/mol. The molecule has 0 aliphatic rings. The molecule has 5 heteroatoms. The van der Waals surface area contributed by atoms with Gasteiger partial charge >= 0.3 is 7.48 Å². The third-order valence-electron chi connectivity index (χ3n) is 5.99. The van der Waals surface area contributed by atoms with E-state index in [1.54, 1.807) is 28.4 Å². The van der Waals surface area contributed by atoms with E-state index in [2.05, 4.69) is 53.1 Å². The van der Waals surface area contributed by atoms with Gasteiger partial charge in [-0.3, -0.25) is 0 Å². The highest BCUT2D eigenvalue weighted by Gasteiger charge is 2.35. The number of fused-ring (bicyclic) bond motifs is 3. The molecule has 1 aromatic heterocycles. The van der Waals surface area contributed by atoms with E-state index < -0.39 is 11.2 Å². The summed E-state index contributed by atoms with van der Waals surface area (Å²) in [5, 5.41) is 12.7. The van der Waals surface area contributed by atoms with Crippen molar-refractivity contribution in [1.82, 2.24) is 4.57 Å². The number of para-hydroxylation sites is 1. The van der Waals surface area contributed by atoms with Crippen molar-refractivity contribution in [3.05, 3.63) is 66.7 Å². The fraction of sp³-hybridized carbons (Fsp3) is 0.280. The molecule has 0 unspecified atom stereocenters. The molecule has 1 radical (unpaired) electrons. The molecule has 4 aromatic rings. The summed E-state index contributed by atoms with van der Waals surface area (Å²) in [7, 11) is 3.41. The van der Waals surface area contributed by atoms with E-state index in [1.165, 1.54) is 5.39 Å². The van der Waals surface area contributed by atoms with Gasteiger partial charge in [0.25, 0.3) is 0 Å². The Labute approximate surface area is 178 Å². The summed E-state index contributed by atoms with van der Waals surface area (Å²) in [6.07, 6.45) is 0. The zero-order chi connectivity index (χ0) is 21.5. The lowest BCUT2D eigenvalue weighted by Gasteiger charge is -2.37. The van der Waals surface area contributed by atoms with Gasteiger partial charge < -0.3 is 19.1 Å². The summed E-state index contributed by atoms with van der Waals surface area (Å²) in [5.74, 6) is 0.836. The first-order valence-corrected chi connectivity index (χ1v) is 10.1. The minimum atomic E-state index is -0.960. The first-order valence-electron chi connectivity index (χ1n) is 10.1. The van der Waals surface area contributed by atoms with Gasteiger partial charge in [-0.05, 0) is 64.1 Å². The van der Waals surface area contributed by atoms with Gasteiger partial charge in [-0.15, -0.1) is 0 Å². The van der Waals surface area contributed by atoms with E-state index in [-0.39, 0.29) is 0 Å². The van der Waals surface area contributed by atoms with E-state index >= 15 is 0 Å². The topological polar surface area (TPSA) is 43.6 Å². The van der Waals surface area contributed by atoms with Crippen LogP contribution >= 0.6 is 0 Å². The maximum absolute atomic E-state index is 10.3. The fourth-order valence-electron chi connectivity index (χ4n) is 3.43. The van der Waals surface area contributed by atoms with Gasteiger partial charge in [0.05, 0.1) is 29.3 Å². The molecule has 0 fully saturated rings. The number of hydrogen-bond acceptors (Lipinski definition) is 3. The Hall–Kier alpha value is -2.76. The second kappa shape index (κ2) is 7.49. The Kier molecular flexibility index (Phi) is 5.12. The zero-order valence-corrected chi connectivity index (χ0v) is 18.1. The smallest absolute Gasteiger partial charge is 0.330 e. The fourth-order valence-corrected chi connectivity index (χ4v) is 3.43. The Morgan fingerprint density at radius 2 is 1.50 bits per heavy atom. The van der Waals surface area contributed by atoms with Crippen LogP contribution in [-0.2, 0) is 4.65 Å². The second-order valence-electron chi connectivity index (χ2n) is 8.63. The van der Waals surface area contributed by atoms with Gasteiger partial charge in [0.2, 0.25) is 0 Å². The quantitative estimate of drug-likeness (QED) is 0.481. The molecule has 0 bridgehead atoms. The zero-order valence-electron chi connectivity index (χ0n) is 18.1. The van der Waals surface area contributed by atoms with Gasteiger partial charge in [-0.2, -0.15) is 0 Å². The van der Waals surface area contributed by atoms with Gasteiger partial charge in [-0.1, -0.05) is 35.8 Å². The monoisotopic (exact) mass is 400 g/mol. The summed E-state index contributed by atoms with van der Waals surface area (Å²) >= 11 is 0. The van der Waals surface area contributed by atoms with E-state index in [0.29, 0.717) is 0 Å². The molecule has 4 nitrogen and oxygen atoms in total. The Balaban J connectivity index is 1.79. The minimum Gasteiger partial charge on any atom is -0.497 e. The molecule has 30 heavy (non-hydrogen) atoms. The van der Waals surface area contributed by atoms with Crippen LogP contribution in [0.25, 0.3) is 27.5 Å². The summed E-state index contributed by atoms with van der Waals surface area (Å²) in [6, 6.07) is 22.8. The molecule has 0 saturated heterocycles. The molecule has 0 aliphatic heterocycles. The van der Waals surface area contributed by atoms with Crippen LogP contribution < -0.4 is 10.2 Å². The number of aliphatic hydroxyl groups is 1. The number of ether oxygens (including phenoxy) is 1. The highest BCUT2D eigenvalue weighted by atomic mass is 16.5. The number of methoxy groups -OCH3 is 1. The normalized spacial score (nSPS) is 12.5. The average Bonchev–Trinajstić information content (AvgIpc) is 3.05. The number of hydrogen-bond donors (Lipinski definition) is 1. The average molecular weight is 400 g/mol. The van der Waals surface area contributed by atoms with Crippen molar-refractivity contribution in [2.75, 3.05) is 7.11 Å². The van der Waals surface area contributed by atoms with E-state index in [0.717, 1.165) is 33.3 Å². The maximum atomic E-state index is 10.3. The van der Waals surface area contributed by atoms with Crippen LogP contribution in [0.15, 0.2) is 66.7 Å².